The first kappa shape index (κ1) is 12.1. The Bertz CT molecular complexity index is 441. The van der Waals surface area contributed by atoms with Crippen LogP contribution in [0.1, 0.15) is 12.0 Å². The molecule has 3 nitrogen and oxygen atoms in total. The average molecular weight is 252 g/mol. The van der Waals surface area contributed by atoms with Gasteiger partial charge in [0.25, 0.3) is 0 Å². The van der Waals surface area contributed by atoms with Gasteiger partial charge in [0.05, 0.1) is 5.88 Å². The smallest absolute Gasteiger partial charge is 0.227 e. The minimum Gasteiger partial charge on any atom is -0.312 e. The molecule has 0 radical (unpaired) electrons. The normalized spacial score (nSPS) is 19.8. The van der Waals surface area contributed by atoms with E-state index >= 15 is 0 Å². The van der Waals surface area contributed by atoms with E-state index in [0.29, 0.717) is 6.54 Å². The van der Waals surface area contributed by atoms with Gasteiger partial charge in [-0.15, -0.1) is 11.6 Å². The number of aryl methyl sites for hydroxylation is 1. The maximum atomic E-state index is 11.8. The minimum atomic E-state index is -0.249. The fourth-order valence-corrected chi connectivity index (χ4v) is 2.22. The van der Waals surface area contributed by atoms with E-state index in [-0.39, 0.29) is 29.9 Å². The summed E-state index contributed by atoms with van der Waals surface area (Å²) in [4.78, 5) is 25.0. The predicted molar refractivity (Wildman–Crippen MR) is 67.4 cm³/mol. The molecule has 4 heteroatoms. The van der Waals surface area contributed by atoms with Crippen molar-refractivity contribution in [3.63, 3.8) is 0 Å². The fraction of sp³-hybridized carbons (Fsp3) is 0.385. The number of hydrogen-bond acceptors (Lipinski definition) is 2. The van der Waals surface area contributed by atoms with Crippen LogP contribution in [0.4, 0.5) is 5.69 Å². The lowest BCUT2D eigenvalue weighted by Crippen LogP contribution is -2.26. The van der Waals surface area contributed by atoms with Gasteiger partial charge in [-0.25, -0.2) is 0 Å². The number of benzene rings is 1. The Balaban J connectivity index is 2.15. The molecule has 1 aromatic rings. The Morgan fingerprint density at radius 3 is 2.65 bits per heavy atom. The van der Waals surface area contributed by atoms with Gasteiger partial charge in [-0.1, -0.05) is 17.7 Å². The van der Waals surface area contributed by atoms with E-state index in [1.54, 1.807) is 4.90 Å². The van der Waals surface area contributed by atoms with Gasteiger partial charge in [-0.2, -0.15) is 0 Å². The van der Waals surface area contributed by atoms with Gasteiger partial charge in [0, 0.05) is 24.6 Å². The van der Waals surface area contributed by atoms with Gasteiger partial charge < -0.3 is 4.90 Å². The summed E-state index contributed by atoms with van der Waals surface area (Å²) in [6.45, 7) is 2.45. The van der Waals surface area contributed by atoms with Crippen molar-refractivity contribution in [2.75, 3.05) is 17.3 Å². The van der Waals surface area contributed by atoms with Crippen molar-refractivity contribution in [1.29, 1.82) is 0 Å². The second-order valence-corrected chi connectivity index (χ2v) is 4.61. The summed E-state index contributed by atoms with van der Waals surface area (Å²) >= 11 is 5.51. The molecule has 17 heavy (non-hydrogen) atoms. The molecular weight excluding hydrogens is 238 g/mol. The lowest BCUT2D eigenvalue weighted by atomic mass is 10.1. The van der Waals surface area contributed by atoms with Gasteiger partial charge in [0.1, 0.15) is 0 Å². The summed E-state index contributed by atoms with van der Waals surface area (Å²) in [5.74, 6) is -0.312. The Morgan fingerprint density at radius 1 is 1.41 bits per heavy atom. The molecule has 1 unspecified atom stereocenters. The lowest BCUT2D eigenvalue weighted by Gasteiger charge is -2.16. The van der Waals surface area contributed by atoms with E-state index in [9.17, 15) is 9.59 Å². The van der Waals surface area contributed by atoms with Gasteiger partial charge in [-0.3, -0.25) is 9.59 Å². The summed E-state index contributed by atoms with van der Waals surface area (Å²) in [6.07, 6.45) is 0.277. The van der Waals surface area contributed by atoms with E-state index in [1.165, 1.54) is 0 Å². The maximum Gasteiger partial charge on any atom is 0.227 e. The minimum absolute atomic E-state index is 0.00248. The zero-order valence-corrected chi connectivity index (χ0v) is 10.4. The number of hydrogen-bond donors (Lipinski definition) is 0. The highest BCUT2D eigenvalue weighted by Crippen LogP contribution is 2.25. The number of nitrogens with zero attached hydrogens (tertiary/aromatic N) is 1. The van der Waals surface area contributed by atoms with Crippen molar-refractivity contribution in [3.05, 3.63) is 29.8 Å². The third-order valence-corrected chi connectivity index (χ3v) is 3.32. The van der Waals surface area contributed by atoms with Crippen molar-refractivity contribution >= 4 is 29.0 Å². The highest BCUT2D eigenvalue weighted by atomic mass is 35.5. The largest absolute Gasteiger partial charge is 0.312 e. The number of ketones is 1. The third-order valence-electron chi connectivity index (χ3n) is 3.06. The molecule has 90 valence electrons. The SMILES string of the molecule is Cc1ccc(N2CC(C(=O)CCl)CC2=O)cc1. The number of rotatable bonds is 3. The van der Waals surface area contributed by atoms with Crippen molar-refractivity contribution in [2.24, 2.45) is 5.92 Å². The van der Waals surface area contributed by atoms with Crippen LogP contribution in [0.3, 0.4) is 0 Å². The molecule has 1 saturated heterocycles. The van der Waals surface area contributed by atoms with E-state index in [0.717, 1.165) is 11.3 Å². The van der Waals surface area contributed by atoms with E-state index in [1.807, 2.05) is 31.2 Å². The lowest BCUT2D eigenvalue weighted by molar-refractivity contribution is -0.122. The topological polar surface area (TPSA) is 37.4 Å². The zero-order valence-electron chi connectivity index (χ0n) is 9.65. The summed E-state index contributed by atoms with van der Waals surface area (Å²) in [6, 6.07) is 7.72. The quantitative estimate of drug-likeness (QED) is 0.772. The first-order valence-corrected chi connectivity index (χ1v) is 6.11. The monoisotopic (exact) mass is 251 g/mol. The molecule has 0 N–H and O–H groups in total. The van der Waals surface area contributed by atoms with Gasteiger partial charge in [-0.05, 0) is 19.1 Å². The van der Waals surface area contributed by atoms with Crippen LogP contribution in [-0.4, -0.2) is 24.1 Å². The fourth-order valence-electron chi connectivity index (χ4n) is 2.01. The van der Waals surface area contributed by atoms with Gasteiger partial charge in [0.15, 0.2) is 5.78 Å². The number of halogens is 1. The highest BCUT2D eigenvalue weighted by molar-refractivity contribution is 6.28. The van der Waals surface area contributed by atoms with E-state index in [2.05, 4.69) is 0 Å². The van der Waals surface area contributed by atoms with Crippen molar-refractivity contribution in [1.82, 2.24) is 0 Å². The van der Waals surface area contributed by atoms with Crippen molar-refractivity contribution < 1.29 is 9.59 Å². The summed E-state index contributed by atoms with van der Waals surface area (Å²) in [7, 11) is 0. The molecule has 1 fully saturated rings. The molecule has 1 atom stereocenters. The Morgan fingerprint density at radius 2 is 2.06 bits per heavy atom. The average Bonchev–Trinajstić information content (AvgIpc) is 2.71. The van der Waals surface area contributed by atoms with Gasteiger partial charge in [0.2, 0.25) is 5.91 Å². The van der Waals surface area contributed by atoms with Crippen LogP contribution in [-0.2, 0) is 9.59 Å². The van der Waals surface area contributed by atoms with Crippen LogP contribution < -0.4 is 4.90 Å². The van der Waals surface area contributed by atoms with Crippen molar-refractivity contribution in [2.45, 2.75) is 13.3 Å². The molecule has 0 aromatic heterocycles. The second kappa shape index (κ2) is 4.88. The number of Topliss-reactive ketones (excluding diaryl/α,β-unsaturated/α-hetero) is 1. The Labute approximate surface area is 105 Å². The number of carbonyl (C=O) groups is 2. The first-order chi connectivity index (χ1) is 8.11. The van der Waals surface area contributed by atoms with Crippen LogP contribution in [0.5, 0.6) is 0 Å². The molecule has 1 aliphatic heterocycles. The highest BCUT2D eigenvalue weighted by Gasteiger charge is 2.34. The van der Waals surface area contributed by atoms with Crippen molar-refractivity contribution in [3.8, 4) is 0 Å². The van der Waals surface area contributed by atoms with Crippen LogP contribution in [0.25, 0.3) is 0 Å². The molecule has 0 bridgehead atoms. The number of anilines is 1. The molecule has 0 saturated carbocycles. The van der Waals surface area contributed by atoms with Crippen LogP contribution in [0.2, 0.25) is 0 Å². The summed E-state index contributed by atoms with van der Waals surface area (Å²) in [5.41, 5.74) is 2.00. The van der Waals surface area contributed by atoms with Crippen LogP contribution >= 0.6 is 11.6 Å². The standard InChI is InChI=1S/C13H14ClNO2/c1-9-2-4-11(5-3-9)15-8-10(6-13(15)17)12(16)7-14/h2-5,10H,6-8H2,1H3. The molecule has 2 rings (SSSR count). The summed E-state index contributed by atoms with van der Waals surface area (Å²) in [5, 5.41) is 0. The van der Waals surface area contributed by atoms with E-state index < -0.39 is 0 Å². The van der Waals surface area contributed by atoms with Crippen LogP contribution in [0.15, 0.2) is 24.3 Å². The molecule has 0 spiro atoms. The zero-order chi connectivity index (χ0) is 12.4. The molecule has 1 aromatic carbocycles. The second-order valence-electron chi connectivity index (χ2n) is 4.34. The molecule has 1 aliphatic rings. The summed E-state index contributed by atoms with van der Waals surface area (Å²) < 4.78 is 0. The maximum absolute atomic E-state index is 11.8. The predicted octanol–water partition coefficient (Wildman–Crippen LogP) is 2.16. The molecule has 1 amide bonds. The third kappa shape index (κ3) is 2.50. The number of carbonyl (C=O) groups excluding carboxylic acids is 2. The van der Waals surface area contributed by atoms with Crippen LogP contribution in [0, 0.1) is 12.8 Å². The van der Waals surface area contributed by atoms with E-state index in [4.69, 9.17) is 11.6 Å². The molecule has 1 heterocycles. The number of amides is 1. The first-order valence-electron chi connectivity index (χ1n) is 5.57. The van der Waals surface area contributed by atoms with Gasteiger partial charge >= 0.3 is 0 Å². The Kier molecular flexibility index (Phi) is 3.48. The number of alkyl halides is 1. The molecule has 0 aliphatic carbocycles. The molecular formula is C13H14ClNO2. The Hall–Kier alpha value is -1.35.